The molecular formula is C22H24N4O5S. The van der Waals surface area contributed by atoms with Crippen LogP contribution in [0.4, 0.5) is 0 Å². The number of carbonyl (C=O) groups excluding carboxylic acids is 1. The number of ether oxygens (including phenoxy) is 1. The maximum atomic E-state index is 13.3. The number of hydrogen-bond donors (Lipinski definition) is 0. The third-order valence-electron chi connectivity index (χ3n) is 5.31. The van der Waals surface area contributed by atoms with Crippen LogP contribution in [0.1, 0.15) is 22.6 Å². The third-order valence-corrected chi connectivity index (χ3v) is 7.27. The molecular weight excluding hydrogens is 432 g/mol. The molecule has 3 aromatic rings. The normalized spacial score (nSPS) is 15.9. The summed E-state index contributed by atoms with van der Waals surface area (Å²) in [5.74, 6) is 0.335. The second kappa shape index (κ2) is 9.60. The average molecular weight is 457 g/mol. The topological polar surface area (TPSA) is 106 Å². The quantitative estimate of drug-likeness (QED) is 0.521. The van der Waals surface area contributed by atoms with Crippen LogP contribution >= 0.6 is 0 Å². The molecule has 1 aromatic heterocycles. The zero-order valence-corrected chi connectivity index (χ0v) is 18.5. The van der Waals surface area contributed by atoms with E-state index in [1.165, 1.54) is 23.5 Å². The molecule has 0 spiro atoms. The molecule has 9 nitrogen and oxygen atoms in total. The molecule has 0 saturated carbocycles. The Kier molecular flexibility index (Phi) is 6.63. The highest BCUT2D eigenvalue weighted by Gasteiger charge is 2.31. The SMILES string of the molecule is COC(=O)c1ccccc1S(=O)(=O)N1CCCN(Cc2noc(-c3ccccc3)n2)CC1. The van der Waals surface area contributed by atoms with Crippen molar-refractivity contribution in [3.63, 3.8) is 0 Å². The summed E-state index contributed by atoms with van der Waals surface area (Å²) >= 11 is 0. The van der Waals surface area contributed by atoms with Crippen molar-refractivity contribution in [2.45, 2.75) is 17.9 Å². The van der Waals surface area contributed by atoms with E-state index in [0.717, 1.165) is 5.56 Å². The predicted octanol–water partition coefficient (Wildman–Crippen LogP) is 2.42. The number of aromatic nitrogens is 2. The van der Waals surface area contributed by atoms with E-state index >= 15 is 0 Å². The molecule has 32 heavy (non-hydrogen) atoms. The van der Waals surface area contributed by atoms with Gasteiger partial charge in [0.15, 0.2) is 5.82 Å². The van der Waals surface area contributed by atoms with E-state index in [1.54, 1.807) is 12.1 Å². The van der Waals surface area contributed by atoms with Crippen LogP contribution in [0.25, 0.3) is 11.5 Å². The first-order chi connectivity index (χ1) is 15.5. The van der Waals surface area contributed by atoms with Gasteiger partial charge in [-0.15, -0.1) is 0 Å². The van der Waals surface area contributed by atoms with Crippen LogP contribution in [0.15, 0.2) is 64.0 Å². The summed E-state index contributed by atoms with van der Waals surface area (Å²) < 4.78 is 38.1. The Labute approximate surface area is 186 Å². The van der Waals surface area contributed by atoms with Gasteiger partial charge in [-0.3, -0.25) is 4.90 Å². The number of esters is 1. The maximum absolute atomic E-state index is 13.3. The monoisotopic (exact) mass is 456 g/mol. The minimum atomic E-state index is -3.84. The van der Waals surface area contributed by atoms with Gasteiger partial charge in [-0.25, -0.2) is 13.2 Å². The summed E-state index contributed by atoms with van der Waals surface area (Å²) in [4.78, 5) is 18.6. The van der Waals surface area contributed by atoms with Gasteiger partial charge in [0.25, 0.3) is 5.89 Å². The van der Waals surface area contributed by atoms with Gasteiger partial charge in [0.05, 0.1) is 24.1 Å². The molecule has 1 aliphatic heterocycles. The summed E-state index contributed by atoms with van der Waals surface area (Å²) in [5, 5.41) is 4.06. The molecule has 1 fully saturated rings. The Balaban J connectivity index is 1.45. The average Bonchev–Trinajstić information content (AvgIpc) is 3.16. The fourth-order valence-electron chi connectivity index (χ4n) is 3.67. The van der Waals surface area contributed by atoms with Gasteiger partial charge in [0, 0.05) is 25.2 Å². The van der Waals surface area contributed by atoms with E-state index in [2.05, 4.69) is 15.0 Å². The molecule has 0 bridgehead atoms. The highest BCUT2D eigenvalue weighted by molar-refractivity contribution is 7.89. The van der Waals surface area contributed by atoms with E-state index in [-0.39, 0.29) is 10.5 Å². The number of benzene rings is 2. The lowest BCUT2D eigenvalue weighted by atomic mass is 10.2. The van der Waals surface area contributed by atoms with Crippen LogP contribution < -0.4 is 0 Å². The lowest BCUT2D eigenvalue weighted by Gasteiger charge is -2.22. The minimum absolute atomic E-state index is 0.0361. The van der Waals surface area contributed by atoms with Gasteiger partial charge < -0.3 is 9.26 Å². The van der Waals surface area contributed by atoms with Crippen LogP contribution in [0.2, 0.25) is 0 Å². The molecule has 1 aliphatic rings. The largest absolute Gasteiger partial charge is 0.465 e. The molecule has 168 valence electrons. The zero-order valence-electron chi connectivity index (χ0n) is 17.7. The van der Waals surface area contributed by atoms with Gasteiger partial charge >= 0.3 is 5.97 Å². The van der Waals surface area contributed by atoms with Crippen LogP contribution in [0, 0.1) is 0 Å². The standard InChI is InChI=1S/C22H24N4O5S/c1-30-22(27)18-10-5-6-11-19(18)32(28,29)26-13-7-12-25(14-15-26)16-20-23-21(31-24-20)17-8-3-2-4-9-17/h2-6,8-11H,7,12-16H2,1H3. The van der Waals surface area contributed by atoms with E-state index in [0.29, 0.717) is 50.9 Å². The lowest BCUT2D eigenvalue weighted by molar-refractivity contribution is 0.0596. The van der Waals surface area contributed by atoms with Gasteiger partial charge in [-0.05, 0) is 37.2 Å². The lowest BCUT2D eigenvalue weighted by Crippen LogP contribution is -2.36. The smallest absolute Gasteiger partial charge is 0.339 e. The van der Waals surface area contributed by atoms with E-state index in [9.17, 15) is 13.2 Å². The van der Waals surface area contributed by atoms with Crippen LogP contribution in [-0.4, -0.2) is 67.0 Å². The van der Waals surface area contributed by atoms with Crippen molar-refractivity contribution in [3.8, 4) is 11.5 Å². The van der Waals surface area contributed by atoms with Gasteiger partial charge in [-0.1, -0.05) is 35.5 Å². The molecule has 0 aliphatic carbocycles. The molecule has 2 heterocycles. The van der Waals surface area contributed by atoms with Crippen LogP contribution in [-0.2, 0) is 21.3 Å². The van der Waals surface area contributed by atoms with Crippen LogP contribution in [0.3, 0.4) is 0 Å². The first-order valence-electron chi connectivity index (χ1n) is 10.3. The Morgan fingerprint density at radius 1 is 1.03 bits per heavy atom. The molecule has 10 heteroatoms. The summed E-state index contributed by atoms with van der Waals surface area (Å²) in [6.07, 6.45) is 0.642. The highest BCUT2D eigenvalue weighted by Crippen LogP contribution is 2.23. The van der Waals surface area contributed by atoms with Gasteiger partial charge in [0.2, 0.25) is 10.0 Å². The second-order valence-electron chi connectivity index (χ2n) is 7.40. The number of sulfonamides is 1. The van der Waals surface area contributed by atoms with Crippen molar-refractivity contribution in [2.75, 3.05) is 33.3 Å². The number of rotatable bonds is 6. The number of carbonyl (C=O) groups is 1. The minimum Gasteiger partial charge on any atom is -0.465 e. The molecule has 0 amide bonds. The molecule has 1 saturated heterocycles. The molecule has 0 atom stereocenters. The fraction of sp³-hybridized carbons (Fsp3) is 0.318. The van der Waals surface area contributed by atoms with Gasteiger partial charge in [0.1, 0.15) is 0 Å². The summed E-state index contributed by atoms with van der Waals surface area (Å²) in [5.41, 5.74) is 0.889. The van der Waals surface area contributed by atoms with E-state index in [4.69, 9.17) is 9.26 Å². The molecule has 0 radical (unpaired) electrons. The third kappa shape index (κ3) is 4.72. The Morgan fingerprint density at radius 2 is 1.78 bits per heavy atom. The Hall–Kier alpha value is -3.08. The van der Waals surface area contributed by atoms with E-state index < -0.39 is 16.0 Å². The van der Waals surface area contributed by atoms with Gasteiger partial charge in [-0.2, -0.15) is 9.29 Å². The van der Waals surface area contributed by atoms with E-state index in [1.807, 2.05) is 30.3 Å². The first kappa shape index (κ1) is 22.1. The number of nitrogens with zero attached hydrogens (tertiary/aromatic N) is 4. The van der Waals surface area contributed by atoms with Crippen molar-refractivity contribution in [1.82, 2.24) is 19.3 Å². The maximum Gasteiger partial charge on any atom is 0.339 e. The Morgan fingerprint density at radius 3 is 2.56 bits per heavy atom. The van der Waals surface area contributed by atoms with Crippen molar-refractivity contribution in [1.29, 1.82) is 0 Å². The molecule has 4 rings (SSSR count). The number of hydrogen-bond acceptors (Lipinski definition) is 8. The fourth-order valence-corrected chi connectivity index (χ4v) is 5.32. The van der Waals surface area contributed by atoms with Crippen molar-refractivity contribution < 1.29 is 22.5 Å². The summed E-state index contributed by atoms with van der Waals surface area (Å²) in [7, 11) is -2.61. The predicted molar refractivity (Wildman–Crippen MR) is 116 cm³/mol. The molecule has 0 unspecified atom stereocenters. The van der Waals surface area contributed by atoms with Crippen molar-refractivity contribution >= 4 is 16.0 Å². The van der Waals surface area contributed by atoms with Crippen molar-refractivity contribution in [3.05, 3.63) is 66.0 Å². The second-order valence-corrected chi connectivity index (χ2v) is 9.31. The first-order valence-corrected chi connectivity index (χ1v) is 11.7. The Bertz CT molecular complexity index is 1180. The molecule has 0 N–H and O–H groups in total. The summed E-state index contributed by atoms with van der Waals surface area (Å²) in [6, 6.07) is 15.6. The zero-order chi connectivity index (χ0) is 22.6. The highest BCUT2D eigenvalue weighted by atomic mass is 32.2. The summed E-state index contributed by atoms with van der Waals surface area (Å²) in [6.45, 7) is 2.31. The van der Waals surface area contributed by atoms with Crippen molar-refractivity contribution in [2.24, 2.45) is 0 Å². The molecule has 2 aromatic carbocycles. The number of methoxy groups -OCH3 is 1. The van der Waals surface area contributed by atoms with Crippen LogP contribution in [0.5, 0.6) is 0 Å².